The molecule has 0 heterocycles. The first-order valence-corrected chi connectivity index (χ1v) is 6.53. The highest BCUT2D eigenvalue weighted by Crippen LogP contribution is 2.54. The molecule has 0 radical (unpaired) electrons. The third-order valence-electron chi connectivity index (χ3n) is 3.86. The normalized spacial score (nSPS) is 24.1. The zero-order chi connectivity index (χ0) is 14.1. The van der Waals surface area contributed by atoms with Gasteiger partial charge in [0.1, 0.15) is 12.1 Å². The Kier molecular flexibility index (Phi) is 3.18. The van der Waals surface area contributed by atoms with Gasteiger partial charge in [-0.05, 0) is 11.6 Å². The number of ketones is 1. The monoisotopic (exact) mass is 268 g/mol. The van der Waals surface area contributed by atoms with Gasteiger partial charge in [0.05, 0.1) is 0 Å². The van der Waals surface area contributed by atoms with E-state index < -0.39 is 11.8 Å². The van der Waals surface area contributed by atoms with Crippen molar-refractivity contribution in [3.05, 3.63) is 71.5 Å². The van der Waals surface area contributed by atoms with Gasteiger partial charge in [-0.25, -0.2) is 4.39 Å². The molecule has 0 amide bonds. The fraction of sp³-hybridized carbons (Fsp3) is 0.176. The van der Waals surface area contributed by atoms with Crippen molar-refractivity contribution in [1.82, 2.24) is 0 Å². The summed E-state index contributed by atoms with van der Waals surface area (Å²) in [6.45, 7) is 0. The van der Waals surface area contributed by atoms with E-state index in [2.05, 4.69) is 0 Å². The molecule has 1 fully saturated rings. The molecule has 0 saturated heterocycles. The summed E-state index contributed by atoms with van der Waals surface area (Å²) in [5.41, 5.74) is 1.03. The predicted molar refractivity (Wildman–Crippen MR) is 73.0 cm³/mol. The number of hydrogen-bond donors (Lipinski definition) is 0. The standard InChI is InChI=1S/C17H13FO2/c18-14-9-5-4-8-12(14)15-13(10-19)16(15)17(20)11-6-2-1-3-7-11/h1-10,13,15-16H/t13-,15-,16+/m0/s1. The van der Waals surface area contributed by atoms with Crippen LogP contribution in [-0.2, 0) is 4.79 Å². The average molecular weight is 268 g/mol. The van der Waals surface area contributed by atoms with Crippen molar-refractivity contribution >= 4 is 12.1 Å². The molecule has 1 aliphatic rings. The number of aldehydes is 1. The van der Waals surface area contributed by atoms with Crippen molar-refractivity contribution in [3.63, 3.8) is 0 Å². The van der Waals surface area contributed by atoms with E-state index in [1.807, 2.05) is 6.07 Å². The predicted octanol–water partition coefficient (Wildman–Crippen LogP) is 3.24. The van der Waals surface area contributed by atoms with Crippen LogP contribution in [0.1, 0.15) is 21.8 Å². The van der Waals surface area contributed by atoms with Gasteiger partial charge in [-0.15, -0.1) is 0 Å². The number of carbonyl (C=O) groups is 2. The lowest BCUT2D eigenvalue weighted by molar-refractivity contribution is -0.109. The second kappa shape index (κ2) is 5.00. The lowest BCUT2D eigenvalue weighted by Gasteiger charge is -2.02. The zero-order valence-corrected chi connectivity index (χ0v) is 10.7. The summed E-state index contributed by atoms with van der Waals surface area (Å²) in [5, 5.41) is 0. The summed E-state index contributed by atoms with van der Waals surface area (Å²) >= 11 is 0. The zero-order valence-electron chi connectivity index (χ0n) is 10.7. The quantitative estimate of drug-likeness (QED) is 0.630. The third-order valence-corrected chi connectivity index (χ3v) is 3.86. The number of benzene rings is 2. The largest absolute Gasteiger partial charge is 0.303 e. The van der Waals surface area contributed by atoms with Crippen LogP contribution in [-0.4, -0.2) is 12.1 Å². The summed E-state index contributed by atoms with van der Waals surface area (Å²) in [7, 11) is 0. The first-order valence-electron chi connectivity index (χ1n) is 6.53. The van der Waals surface area contributed by atoms with Crippen LogP contribution in [0, 0.1) is 17.7 Å². The number of carbonyl (C=O) groups excluding carboxylic acids is 2. The van der Waals surface area contributed by atoms with Gasteiger partial charge < -0.3 is 4.79 Å². The summed E-state index contributed by atoms with van der Waals surface area (Å²) in [6.07, 6.45) is 0.766. The minimum absolute atomic E-state index is 0.0871. The Morgan fingerprint density at radius 2 is 1.65 bits per heavy atom. The Morgan fingerprint density at radius 1 is 1.00 bits per heavy atom. The lowest BCUT2D eigenvalue weighted by Crippen LogP contribution is -2.04. The van der Waals surface area contributed by atoms with Gasteiger partial charge >= 0.3 is 0 Å². The molecule has 1 saturated carbocycles. The molecule has 3 rings (SSSR count). The molecule has 0 spiro atoms. The molecular weight excluding hydrogens is 255 g/mol. The molecular formula is C17H13FO2. The van der Waals surface area contributed by atoms with Crippen LogP contribution in [0.2, 0.25) is 0 Å². The highest BCUT2D eigenvalue weighted by molar-refractivity contribution is 6.03. The molecule has 0 unspecified atom stereocenters. The maximum atomic E-state index is 13.8. The molecule has 2 aromatic carbocycles. The highest BCUT2D eigenvalue weighted by Gasteiger charge is 2.56. The van der Waals surface area contributed by atoms with Gasteiger partial charge in [0, 0.05) is 23.3 Å². The fourth-order valence-corrected chi connectivity index (χ4v) is 2.78. The van der Waals surface area contributed by atoms with Gasteiger partial charge in [0.25, 0.3) is 0 Å². The first-order chi connectivity index (χ1) is 9.74. The number of halogens is 1. The Balaban J connectivity index is 1.90. The average Bonchev–Trinajstić information content (AvgIpc) is 3.22. The van der Waals surface area contributed by atoms with E-state index in [1.54, 1.807) is 42.5 Å². The van der Waals surface area contributed by atoms with Crippen molar-refractivity contribution in [3.8, 4) is 0 Å². The Bertz CT molecular complexity index is 651. The molecule has 20 heavy (non-hydrogen) atoms. The molecule has 3 atom stereocenters. The molecule has 2 nitrogen and oxygen atoms in total. The van der Waals surface area contributed by atoms with Crippen molar-refractivity contribution in [2.24, 2.45) is 11.8 Å². The van der Waals surface area contributed by atoms with E-state index in [0.717, 1.165) is 6.29 Å². The van der Waals surface area contributed by atoms with Crippen LogP contribution in [0.5, 0.6) is 0 Å². The second-order valence-electron chi connectivity index (χ2n) is 5.02. The fourth-order valence-electron chi connectivity index (χ4n) is 2.78. The van der Waals surface area contributed by atoms with Gasteiger partial charge in [0.2, 0.25) is 0 Å². The first kappa shape index (κ1) is 12.7. The highest BCUT2D eigenvalue weighted by atomic mass is 19.1. The van der Waals surface area contributed by atoms with Crippen molar-refractivity contribution < 1.29 is 14.0 Å². The van der Waals surface area contributed by atoms with E-state index in [0.29, 0.717) is 11.1 Å². The molecule has 0 aromatic heterocycles. The van der Waals surface area contributed by atoms with Crippen LogP contribution < -0.4 is 0 Å². The van der Waals surface area contributed by atoms with Crippen molar-refractivity contribution in [1.29, 1.82) is 0 Å². The van der Waals surface area contributed by atoms with Crippen LogP contribution in [0.25, 0.3) is 0 Å². The van der Waals surface area contributed by atoms with E-state index in [1.165, 1.54) is 6.07 Å². The van der Waals surface area contributed by atoms with Crippen LogP contribution in [0.4, 0.5) is 4.39 Å². The molecule has 0 bridgehead atoms. The second-order valence-corrected chi connectivity index (χ2v) is 5.02. The molecule has 3 heteroatoms. The Hall–Kier alpha value is -2.29. The van der Waals surface area contributed by atoms with Gasteiger partial charge in [0.15, 0.2) is 5.78 Å². The summed E-state index contributed by atoms with van der Waals surface area (Å²) in [4.78, 5) is 23.5. The maximum Gasteiger partial charge on any atom is 0.167 e. The SMILES string of the molecule is O=C[C@@H]1[C@@H](C(=O)c2ccccc2)[C@H]1c1ccccc1F. The Morgan fingerprint density at radius 3 is 2.30 bits per heavy atom. The van der Waals surface area contributed by atoms with Crippen molar-refractivity contribution in [2.45, 2.75) is 5.92 Å². The molecule has 1 aliphatic carbocycles. The van der Waals surface area contributed by atoms with E-state index in [-0.39, 0.29) is 17.5 Å². The van der Waals surface area contributed by atoms with Crippen LogP contribution in [0.3, 0.4) is 0 Å². The van der Waals surface area contributed by atoms with Crippen molar-refractivity contribution in [2.75, 3.05) is 0 Å². The van der Waals surface area contributed by atoms with Crippen LogP contribution in [0.15, 0.2) is 54.6 Å². The third kappa shape index (κ3) is 2.05. The molecule has 0 N–H and O–H groups in total. The maximum absolute atomic E-state index is 13.8. The minimum atomic E-state index is -0.438. The van der Waals surface area contributed by atoms with E-state index in [4.69, 9.17) is 0 Å². The van der Waals surface area contributed by atoms with Gasteiger partial charge in [-0.3, -0.25) is 4.79 Å². The molecule has 100 valence electrons. The summed E-state index contributed by atoms with van der Waals surface area (Å²) in [5.74, 6) is -1.63. The topological polar surface area (TPSA) is 34.1 Å². The minimum Gasteiger partial charge on any atom is -0.303 e. The molecule has 0 aliphatic heterocycles. The van der Waals surface area contributed by atoms with Gasteiger partial charge in [-0.1, -0.05) is 48.5 Å². The van der Waals surface area contributed by atoms with Crippen LogP contribution >= 0.6 is 0 Å². The number of rotatable bonds is 4. The van der Waals surface area contributed by atoms with E-state index >= 15 is 0 Å². The smallest absolute Gasteiger partial charge is 0.167 e. The summed E-state index contributed by atoms with van der Waals surface area (Å²) < 4.78 is 13.8. The van der Waals surface area contributed by atoms with Gasteiger partial charge in [-0.2, -0.15) is 0 Å². The van der Waals surface area contributed by atoms with E-state index in [9.17, 15) is 14.0 Å². The summed E-state index contributed by atoms with van der Waals surface area (Å²) in [6, 6.07) is 15.2. The number of Topliss-reactive ketones (excluding diaryl/α,β-unsaturated/α-hetero) is 1. The Labute approximate surface area is 116 Å². The lowest BCUT2D eigenvalue weighted by atomic mass is 10.0. The number of hydrogen-bond acceptors (Lipinski definition) is 2. The molecule has 2 aromatic rings.